The molecule has 0 bridgehead atoms. The molecule has 2 unspecified atom stereocenters. The van der Waals surface area contributed by atoms with Gasteiger partial charge in [0.2, 0.25) is 5.91 Å². The SMILES string of the molecule is O=C(CCCCCc1ccc(I)cc1)N1CC2CC2C1. The number of halogens is 1. The van der Waals surface area contributed by atoms with Gasteiger partial charge >= 0.3 is 0 Å². The van der Waals surface area contributed by atoms with Crippen LogP contribution < -0.4 is 0 Å². The van der Waals surface area contributed by atoms with Crippen LogP contribution in [0.3, 0.4) is 0 Å². The van der Waals surface area contributed by atoms with Gasteiger partial charge in [-0.15, -0.1) is 0 Å². The molecule has 0 N–H and O–H groups in total. The zero-order chi connectivity index (χ0) is 13.9. The van der Waals surface area contributed by atoms with Crippen molar-refractivity contribution >= 4 is 28.5 Å². The molecule has 20 heavy (non-hydrogen) atoms. The molecule has 1 aromatic rings. The highest BCUT2D eigenvalue weighted by Crippen LogP contribution is 2.44. The second-order valence-electron chi connectivity index (χ2n) is 6.24. The van der Waals surface area contributed by atoms with Crippen molar-refractivity contribution in [1.29, 1.82) is 0 Å². The Kier molecular flexibility index (Phi) is 4.64. The van der Waals surface area contributed by atoms with E-state index in [1.54, 1.807) is 0 Å². The Hall–Kier alpha value is -0.580. The third-order valence-corrected chi connectivity index (χ3v) is 5.32. The molecule has 2 aliphatic rings. The number of piperidine rings is 1. The van der Waals surface area contributed by atoms with Gasteiger partial charge in [-0.3, -0.25) is 4.79 Å². The van der Waals surface area contributed by atoms with Gasteiger partial charge in [-0.1, -0.05) is 18.6 Å². The molecule has 0 radical (unpaired) electrons. The van der Waals surface area contributed by atoms with Crippen LogP contribution in [0.15, 0.2) is 24.3 Å². The Morgan fingerprint density at radius 3 is 2.50 bits per heavy atom. The van der Waals surface area contributed by atoms with Crippen LogP contribution in [0, 0.1) is 15.4 Å². The van der Waals surface area contributed by atoms with Crippen molar-refractivity contribution in [2.45, 2.75) is 38.5 Å². The second-order valence-corrected chi connectivity index (χ2v) is 7.49. The lowest BCUT2D eigenvalue weighted by Gasteiger charge is -2.17. The van der Waals surface area contributed by atoms with Crippen LogP contribution in [0.2, 0.25) is 0 Å². The molecule has 108 valence electrons. The monoisotopic (exact) mass is 383 g/mol. The predicted octanol–water partition coefficient (Wildman–Crippen LogP) is 3.87. The summed E-state index contributed by atoms with van der Waals surface area (Å²) < 4.78 is 1.29. The standard InChI is InChI=1S/C17H22INO/c18-16-8-6-13(7-9-16)4-2-1-3-5-17(20)19-11-14-10-15(14)12-19/h6-9,14-15H,1-5,10-12H2. The molecule has 0 spiro atoms. The van der Waals surface area contributed by atoms with Gasteiger partial charge in [0.25, 0.3) is 0 Å². The minimum absolute atomic E-state index is 0.395. The highest BCUT2D eigenvalue weighted by molar-refractivity contribution is 14.1. The van der Waals surface area contributed by atoms with E-state index in [4.69, 9.17) is 0 Å². The number of nitrogens with zero attached hydrogens (tertiary/aromatic N) is 1. The van der Waals surface area contributed by atoms with E-state index in [9.17, 15) is 4.79 Å². The second kappa shape index (κ2) is 6.46. The minimum Gasteiger partial charge on any atom is -0.342 e. The van der Waals surface area contributed by atoms with Crippen molar-refractivity contribution in [3.05, 3.63) is 33.4 Å². The molecule has 2 nitrogen and oxygen atoms in total. The van der Waals surface area contributed by atoms with Crippen molar-refractivity contribution in [3.8, 4) is 0 Å². The van der Waals surface area contributed by atoms with E-state index in [1.165, 1.54) is 28.4 Å². The topological polar surface area (TPSA) is 20.3 Å². The fourth-order valence-corrected chi connectivity index (χ4v) is 3.55. The molecule has 1 heterocycles. The van der Waals surface area contributed by atoms with Gasteiger partial charge in [-0.25, -0.2) is 0 Å². The van der Waals surface area contributed by atoms with E-state index < -0.39 is 0 Å². The largest absolute Gasteiger partial charge is 0.342 e. The normalized spacial score (nSPS) is 23.8. The van der Waals surface area contributed by atoms with Crippen molar-refractivity contribution < 1.29 is 4.79 Å². The average Bonchev–Trinajstić information content (AvgIpc) is 3.06. The number of carbonyl (C=O) groups excluding carboxylic acids is 1. The maximum Gasteiger partial charge on any atom is 0.222 e. The molecular formula is C17H22INO. The summed E-state index contributed by atoms with van der Waals surface area (Å²) in [5.41, 5.74) is 1.41. The van der Waals surface area contributed by atoms with E-state index in [1.807, 2.05) is 0 Å². The van der Waals surface area contributed by atoms with E-state index in [0.717, 1.165) is 44.2 Å². The fourth-order valence-electron chi connectivity index (χ4n) is 3.19. The lowest BCUT2D eigenvalue weighted by Crippen LogP contribution is -2.29. The van der Waals surface area contributed by atoms with Gasteiger partial charge in [0.15, 0.2) is 0 Å². The number of rotatable bonds is 6. The van der Waals surface area contributed by atoms with Crippen LogP contribution in [0.5, 0.6) is 0 Å². The third-order valence-electron chi connectivity index (χ3n) is 4.60. The highest BCUT2D eigenvalue weighted by atomic mass is 127. The van der Waals surface area contributed by atoms with E-state index in [-0.39, 0.29) is 0 Å². The molecular weight excluding hydrogens is 361 g/mol. The number of hydrogen-bond acceptors (Lipinski definition) is 1. The summed E-state index contributed by atoms with van der Waals surface area (Å²) in [5, 5.41) is 0. The number of unbranched alkanes of at least 4 members (excludes halogenated alkanes) is 2. The summed E-state index contributed by atoms with van der Waals surface area (Å²) in [6.07, 6.45) is 6.68. The summed E-state index contributed by atoms with van der Waals surface area (Å²) >= 11 is 2.34. The highest BCUT2D eigenvalue weighted by Gasteiger charge is 2.46. The molecule has 1 aliphatic carbocycles. The summed E-state index contributed by atoms with van der Waals surface area (Å²) in [4.78, 5) is 14.1. The van der Waals surface area contributed by atoms with Crippen LogP contribution >= 0.6 is 22.6 Å². The Bertz CT molecular complexity index is 460. The molecule has 1 aromatic carbocycles. The number of benzene rings is 1. The zero-order valence-corrected chi connectivity index (χ0v) is 14.0. The van der Waals surface area contributed by atoms with Crippen LogP contribution in [0.25, 0.3) is 0 Å². The van der Waals surface area contributed by atoms with E-state index in [0.29, 0.717) is 5.91 Å². The first-order valence-corrected chi connectivity index (χ1v) is 8.82. The molecule has 2 fully saturated rings. The molecule has 0 aromatic heterocycles. The van der Waals surface area contributed by atoms with Gasteiger partial charge in [0.05, 0.1) is 0 Å². The van der Waals surface area contributed by atoms with Crippen molar-refractivity contribution in [2.75, 3.05) is 13.1 Å². The smallest absolute Gasteiger partial charge is 0.222 e. The maximum atomic E-state index is 12.0. The van der Waals surface area contributed by atoms with Crippen molar-refractivity contribution in [3.63, 3.8) is 0 Å². The van der Waals surface area contributed by atoms with E-state index in [2.05, 4.69) is 51.8 Å². The van der Waals surface area contributed by atoms with Gasteiger partial charge in [-0.2, -0.15) is 0 Å². The number of carbonyl (C=O) groups is 1. The maximum absolute atomic E-state index is 12.0. The Balaban J connectivity index is 1.28. The molecule has 3 heteroatoms. The first-order valence-electron chi connectivity index (χ1n) is 7.74. The molecule has 1 amide bonds. The zero-order valence-electron chi connectivity index (χ0n) is 11.9. The van der Waals surface area contributed by atoms with Crippen LogP contribution in [0.1, 0.15) is 37.7 Å². The third kappa shape index (κ3) is 3.74. The molecule has 1 saturated carbocycles. The lowest BCUT2D eigenvalue weighted by atomic mass is 10.1. The summed E-state index contributed by atoms with van der Waals surface area (Å²) in [6.45, 7) is 2.10. The lowest BCUT2D eigenvalue weighted by molar-refractivity contribution is -0.130. The van der Waals surface area contributed by atoms with Crippen LogP contribution in [-0.4, -0.2) is 23.9 Å². The van der Waals surface area contributed by atoms with Gasteiger partial charge in [0, 0.05) is 23.1 Å². The number of hydrogen-bond donors (Lipinski definition) is 0. The van der Waals surface area contributed by atoms with Crippen LogP contribution in [0.4, 0.5) is 0 Å². The Labute approximate surface area is 135 Å². The van der Waals surface area contributed by atoms with Gasteiger partial charge in [-0.05, 0) is 77.8 Å². The first-order chi connectivity index (χ1) is 9.72. The molecule has 1 saturated heterocycles. The molecule has 1 aliphatic heterocycles. The van der Waals surface area contributed by atoms with Gasteiger partial charge < -0.3 is 4.90 Å². The Morgan fingerprint density at radius 1 is 1.10 bits per heavy atom. The Morgan fingerprint density at radius 2 is 1.80 bits per heavy atom. The molecule has 2 atom stereocenters. The number of amides is 1. The predicted molar refractivity (Wildman–Crippen MR) is 89.5 cm³/mol. The summed E-state index contributed by atoms with van der Waals surface area (Å²) in [7, 11) is 0. The number of aryl methyl sites for hydroxylation is 1. The quantitative estimate of drug-likeness (QED) is 0.540. The number of fused-ring (bicyclic) bond motifs is 1. The first kappa shape index (κ1) is 14.4. The summed E-state index contributed by atoms with van der Waals surface area (Å²) in [5.74, 6) is 2.12. The van der Waals surface area contributed by atoms with E-state index >= 15 is 0 Å². The average molecular weight is 383 g/mol. The van der Waals surface area contributed by atoms with Crippen molar-refractivity contribution in [2.24, 2.45) is 11.8 Å². The fraction of sp³-hybridized carbons (Fsp3) is 0.588. The minimum atomic E-state index is 0.395. The van der Waals surface area contributed by atoms with Crippen LogP contribution in [-0.2, 0) is 11.2 Å². The molecule has 3 rings (SSSR count). The number of likely N-dealkylation sites (tertiary alicyclic amines) is 1. The summed E-state index contributed by atoms with van der Waals surface area (Å²) in [6, 6.07) is 8.75. The van der Waals surface area contributed by atoms with Crippen molar-refractivity contribution in [1.82, 2.24) is 4.90 Å². The van der Waals surface area contributed by atoms with Gasteiger partial charge in [0.1, 0.15) is 0 Å².